The number of carboxylic acid groups (broad SMARTS) is 1. The van der Waals surface area contributed by atoms with Crippen LogP contribution in [0.4, 0.5) is 0 Å². The van der Waals surface area contributed by atoms with Crippen molar-refractivity contribution in [1.29, 1.82) is 0 Å². The molecule has 2 aromatic rings. The predicted molar refractivity (Wildman–Crippen MR) is 77.3 cm³/mol. The van der Waals surface area contributed by atoms with E-state index in [4.69, 9.17) is 5.11 Å². The summed E-state index contributed by atoms with van der Waals surface area (Å²) in [6, 6.07) is 9.89. The summed E-state index contributed by atoms with van der Waals surface area (Å²) in [5.74, 6) is -1.05. The van der Waals surface area contributed by atoms with E-state index < -0.39 is 5.97 Å². The molecule has 0 unspecified atom stereocenters. The number of hydrogen-bond acceptors (Lipinski definition) is 2. The summed E-state index contributed by atoms with van der Waals surface area (Å²) in [4.78, 5) is 23.3. The van der Waals surface area contributed by atoms with Crippen LogP contribution in [0, 0.1) is 13.8 Å². The lowest BCUT2D eigenvalue weighted by molar-refractivity contribution is 0.0695. The van der Waals surface area contributed by atoms with Crippen molar-refractivity contribution in [2.24, 2.45) is 0 Å². The predicted octanol–water partition coefficient (Wildman–Crippen LogP) is 2.41. The molecule has 0 fully saturated rings. The Balaban J connectivity index is 2.30. The average molecular weight is 271 g/mol. The summed E-state index contributed by atoms with van der Waals surface area (Å²) >= 11 is 0. The van der Waals surface area contributed by atoms with E-state index in [9.17, 15) is 9.59 Å². The quantitative estimate of drug-likeness (QED) is 0.929. The van der Waals surface area contributed by atoms with Gasteiger partial charge >= 0.3 is 5.97 Å². The van der Waals surface area contributed by atoms with Crippen LogP contribution in [0.3, 0.4) is 0 Å². The van der Waals surface area contributed by atoms with E-state index in [1.807, 2.05) is 30.3 Å². The van der Waals surface area contributed by atoms with E-state index in [0.717, 1.165) is 12.0 Å². The summed E-state index contributed by atoms with van der Waals surface area (Å²) in [5.41, 5.74) is 1.94. The van der Waals surface area contributed by atoms with E-state index in [2.05, 4.69) is 0 Å². The van der Waals surface area contributed by atoms with Gasteiger partial charge in [-0.1, -0.05) is 30.3 Å². The maximum atomic E-state index is 12.2. The second-order valence-corrected chi connectivity index (χ2v) is 4.85. The third-order valence-corrected chi connectivity index (χ3v) is 3.40. The zero-order chi connectivity index (χ0) is 14.7. The smallest absolute Gasteiger partial charge is 0.336 e. The Morgan fingerprint density at radius 2 is 1.85 bits per heavy atom. The van der Waals surface area contributed by atoms with Gasteiger partial charge in [0.1, 0.15) is 0 Å². The third-order valence-electron chi connectivity index (χ3n) is 3.40. The molecule has 0 radical (unpaired) electrons. The van der Waals surface area contributed by atoms with Crippen LogP contribution in [0.25, 0.3) is 0 Å². The lowest BCUT2D eigenvalue weighted by Crippen LogP contribution is -2.26. The number of pyridine rings is 1. The summed E-state index contributed by atoms with van der Waals surface area (Å²) in [6.45, 7) is 3.83. The van der Waals surface area contributed by atoms with E-state index in [1.54, 1.807) is 24.6 Å². The highest BCUT2D eigenvalue weighted by molar-refractivity contribution is 5.90. The summed E-state index contributed by atoms with van der Waals surface area (Å²) in [6.07, 6.45) is 2.37. The lowest BCUT2D eigenvalue weighted by atomic mass is 10.1. The van der Waals surface area contributed by atoms with Crippen LogP contribution in [-0.2, 0) is 13.0 Å². The maximum absolute atomic E-state index is 12.2. The zero-order valence-electron chi connectivity index (χ0n) is 11.6. The van der Waals surface area contributed by atoms with Gasteiger partial charge in [-0.25, -0.2) is 4.79 Å². The Kier molecular flexibility index (Phi) is 4.03. The van der Waals surface area contributed by atoms with Crippen LogP contribution in [0.1, 0.15) is 27.0 Å². The van der Waals surface area contributed by atoms with Crippen LogP contribution in [0.15, 0.2) is 41.3 Å². The molecule has 0 spiro atoms. The second-order valence-electron chi connectivity index (χ2n) is 4.85. The summed E-state index contributed by atoms with van der Waals surface area (Å²) in [7, 11) is 0. The van der Waals surface area contributed by atoms with Crippen molar-refractivity contribution in [2.45, 2.75) is 26.8 Å². The Bertz CT molecular complexity index is 687. The molecule has 4 nitrogen and oxygen atoms in total. The number of carbonyl (C=O) groups is 1. The topological polar surface area (TPSA) is 59.3 Å². The van der Waals surface area contributed by atoms with Gasteiger partial charge in [0.15, 0.2) is 0 Å². The third kappa shape index (κ3) is 2.79. The SMILES string of the molecule is Cc1cn(CCc2ccccc2)c(=O)c(C)c1C(=O)O. The molecular formula is C16H17NO3. The number of nitrogens with zero attached hydrogens (tertiary/aromatic N) is 1. The van der Waals surface area contributed by atoms with Crippen LogP contribution in [0.2, 0.25) is 0 Å². The van der Waals surface area contributed by atoms with Crippen LogP contribution >= 0.6 is 0 Å². The fraction of sp³-hybridized carbons (Fsp3) is 0.250. The molecule has 104 valence electrons. The molecule has 0 bridgehead atoms. The molecule has 0 amide bonds. The van der Waals surface area contributed by atoms with Crippen molar-refractivity contribution in [3.8, 4) is 0 Å². The Hall–Kier alpha value is -2.36. The molecule has 2 rings (SSSR count). The normalized spacial score (nSPS) is 10.5. The Labute approximate surface area is 117 Å². The molecule has 0 aliphatic heterocycles. The molecule has 20 heavy (non-hydrogen) atoms. The zero-order valence-corrected chi connectivity index (χ0v) is 11.6. The number of benzene rings is 1. The standard InChI is InChI=1S/C16H17NO3/c1-11-10-17(9-8-13-6-4-3-5-7-13)15(18)12(2)14(11)16(19)20/h3-7,10H,8-9H2,1-2H3,(H,19,20). The van der Waals surface area contributed by atoms with Crippen molar-refractivity contribution < 1.29 is 9.90 Å². The van der Waals surface area contributed by atoms with Crippen molar-refractivity contribution >= 4 is 5.97 Å². The first-order valence-electron chi connectivity index (χ1n) is 6.48. The highest BCUT2D eigenvalue weighted by atomic mass is 16.4. The van der Waals surface area contributed by atoms with Gasteiger partial charge in [0.2, 0.25) is 0 Å². The van der Waals surface area contributed by atoms with Crippen molar-refractivity contribution in [3.05, 3.63) is 69.1 Å². The first-order valence-corrected chi connectivity index (χ1v) is 6.48. The van der Waals surface area contributed by atoms with Crippen LogP contribution in [0.5, 0.6) is 0 Å². The first kappa shape index (κ1) is 14.1. The molecule has 1 aromatic heterocycles. The fourth-order valence-corrected chi connectivity index (χ4v) is 2.36. The minimum Gasteiger partial charge on any atom is -0.478 e. The highest BCUT2D eigenvalue weighted by Gasteiger charge is 2.15. The lowest BCUT2D eigenvalue weighted by Gasteiger charge is -2.11. The Morgan fingerprint density at radius 3 is 2.45 bits per heavy atom. The molecule has 0 aliphatic carbocycles. The molecule has 1 N–H and O–H groups in total. The molecule has 0 saturated heterocycles. The number of rotatable bonds is 4. The van der Waals surface area contributed by atoms with Crippen molar-refractivity contribution in [2.75, 3.05) is 0 Å². The van der Waals surface area contributed by atoms with Crippen molar-refractivity contribution in [1.82, 2.24) is 4.57 Å². The molecule has 0 aliphatic rings. The first-order chi connectivity index (χ1) is 9.50. The number of aromatic carboxylic acids is 1. The number of aromatic nitrogens is 1. The molecule has 0 atom stereocenters. The second kappa shape index (κ2) is 5.74. The van der Waals surface area contributed by atoms with E-state index in [-0.39, 0.29) is 11.1 Å². The molecule has 1 heterocycles. The van der Waals surface area contributed by atoms with Gasteiger partial charge in [0.25, 0.3) is 5.56 Å². The van der Waals surface area contributed by atoms with Gasteiger partial charge in [0, 0.05) is 18.3 Å². The average Bonchev–Trinajstić information content (AvgIpc) is 2.42. The van der Waals surface area contributed by atoms with E-state index >= 15 is 0 Å². The summed E-state index contributed by atoms with van der Waals surface area (Å²) in [5, 5.41) is 9.12. The van der Waals surface area contributed by atoms with Gasteiger partial charge in [-0.15, -0.1) is 0 Å². The van der Waals surface area contributed by atoms with Gasteiger partial charge in [-0.05, 0) is 31.4 Å². The van der Waals surface area contributed by atoms with Gasteiger partial charge in [-0.3, -0.25) is 4.79 Å². The maximum Gasteiger partial charge on any atom is 0.336 e. The minimum atomic E-state index is -1.05. The van der Waals surface area contributed by atoms with Crippen LogP contribution < -0.4 is 5.56 Å². The van der Waals surface area contributed by atoms with Gasteiger partial charge in [-0.2, -0.15) is 0 Å². The number of aryl methyl sites for hydroxylation is 3. The molecule has 0 saturated carbocycles. The van der Waals surface area contributed by atoms with Gasteiger partial charge < -0.3 is 9.67 Å². The van der Waals surface area contributed by atoms with Gasteiger partial charge in [0.05, 0.1) is 5.56 Å². The molecule has 1 aromatic carbocycles. The number of hydrogen-bond donors (Lipinski definition) is 1. The molecule has 4 heteroatoms. The minimum absolute atomic E-state index is 0.117. The van der Waals surface area contributed by atoms with Crippen LogP contribution in [-0.4, -0.2) is 15.6 Å². The van der Waals surface area contributed by atoms with E-state index in [1.165, 1.54) is 0 Å². The van der Waals surface area contributed by atoms with Crippen molar-refractivity contribution in [3.63, 3.8) is 0 Å². The fourth-order valence-electron chi connectivity index (χ4n) is 2.36. The highest BCUT2D eigenvalue weighted by Crippen LogP contribution is 2.10. The monoisotopic (exact) mass is 271 g/mol. The van der Waals surface area contributed by atoms with E-state index in [0.29, 0.717) is 17.7 Å². The number of carboxylic acids is 1. The Morgan fingerprint density at radius 1 is 1.20 bits per heavy atom. The summed E-state index contributed by atoms with van der Waals surface area (Å²) < 4.78 is 1.59. The largest absolute Gasteiger partial charge is 0.478 e. The molecular weight excluding hydrogens is 254 g/mol.